The van der Waals surface area contributed by atoms with E-state index >= 15 is 0 Å². The fraction of sp³-hybridized carbons (Fsp3) is 0.529. The zero-order valence-corrected chi connectivity index (χ0v) is 17.3. The van der Waals surface area contributed by atoms with Crippen molar-refractivity contribution in [2.75, 3.05) is 23.1 Å². The first-order chi connectivity index (χ1) is 12.9. The van der Waals surface area contributed by atoms with Crippen LogP contribution in [0.5, 0.6) is 0 Å². The predicted molar refractivity (Wildman–Crippen MR) is 102 cm³/mol. The molecule has 2 amide bonds. The van der Waals surface area contributed by atoms with Gasteiger partial charge in [-0.2, -0.15) is 4.31 Å². The van der Waals surface area contributed by atoms with Gasteiger partial charge in [0.15, 0.2) is 0 Å². The van der Waals surface area contributed by atoms with Gasteiger partial charge in [0, 0.05) is 19.0 Å². The fourth-order valence-corrected chi connectivity index (χ4v) is 7.12. The summed E-state index contributed by atoms with van der Waals surface area (Å²) < 4.78 is 52.3. The smallest absolute Gasteiger partial charge is 0.247 e. The zero-order valence-electron chi connectivity index (χ0n) is 15.7. The van der Waals surface area contributed by atoms with Gasteiger partial charge in [-0.1, -0.05) is 0 Å². The number of carbonyl (C=O) groups is 2. The molecular formula is C17H23N3O6S2. The lowest BCUT2D eigenvalue weighted by atomic mass is 9.95. The second-order valence-corrected chi connectivity index (χ2v) is 11.5. The lowest BCUT2D eigenvalue weighted by Gasteiger charge is -2.29. The maximum absolute atomic E-state index is 12.8. The van der Waals surface area contributed by atoms with Gasteiger partial charge in [-0.25, -0.2) is 21.1 Å². The molecule has 1 aromatic carbocycles. The van der Waals surface area contributed by atoms with Gasteiger partial charge in [-0.05, 0) is 51.0 Å². The average Bonchev–Trinajstić information content (AvgIpc) is 2.78. The number of primary amides is 1. The summed E-state index contributed by atoms with van der Waals surface area (Å²) >= 11 is 0. The van der Waals surface area contributed by atoms with Crippen molar-refractivity contribution in [1.29, 1.82) is 0 Å². The molecule has 0 unspecified atom stereocenters. The number of hydrogen-bond acceptors (Lipinski definition) is 6. The molecule has 2 aliphatic rings. The predicted octanol–water partition coefficient (Wildman–Crippen LogP) is 0.275. The van der Waals surface area contributed by atoms with E-state index in [0.717, 1.165) is 4.31 Å². The molecule has 2 aliphatic heterocycles. The van der Waals surface area contributed by atoms with Crippen molar-refractivity contribution in [2.45, 2.75) is 31.6 Å². The van der Waals surface area contributed by atoms with Crippen molar-refractivity contribution in [1.82, 2.24) is 4.31 Å². The molecule has 0 spiro atoms. The van der Waals surface area contributed by atoms with Crippen LogP contribution in [0.1, 0.15) is 26.7 Å². The van der Waals surface area contributed by atoms with Crippen LogP contribution in [-0.2, 0) is 29.6 Å². The number of carbonyl (C=O) groups excluding carboxylic acids is 2. The number of sulfonamides is 2. The normalized spacial score (nSPS) is 23.1. The number of anilines is 1. The quantitative estimate of drug-likeness (QED) is 0.730. The maximum Gasteiger partial charge on any atom is 0.247 e. The Kier molecular flexibility index (Phi) is 5.05. The van der Waals surface area contributed by atoms with Crippen molar-refractivity contribution >= 4 is 37.5 Å². The van der Waals surface area contributed by atoms with E-state index in [2.05, 4.69) is 0 Å². The summed E-state index contributed by atoms with van der Waals surface area (Å²) in [6.07, 6.45) is 0.727. The SMILES string of the molecule is CC1(C)CS(=O)(=O)N(c2ccc(S(=O)(=O)N3CCC(C(N)=O)CC3)cc2)C1=O. The minimum atomic E-state index is -3.80. The van der Waals surface area contributed by atoms with Gasteiger partial charge >= 0.3 is 0 Å². The van der Waals surface area contributed by atoms with Crippen LogP contribution in [0.4, 0.5) is 5.69 Å². The summed E-state index contributed by atoms with van der Waals surface area (Å²) in [7, 11) is -7.59. The standard InChI is InChI=1S/C17H23N3O6S2/c1-17(2)11-27(23,24)20(16(17)22)13-3-5-14(6-4-13)28(25,26)19-9-7-12(8-10-19)15(18)21/h3-6,12H,7-11H2,1-2H3,(H2,18,21). The van der Waals surface area contributed by atoms with Crippen molar-refractivity contribution in [3.05, 3.63) is 24.3 Å². The van der Waals surface area contributed by atoms with Gasteiger partial charge in [-0.3, -0.25) is 9.59 Å². The first-order valence-electron chi connectivity index (χ1n) is 8.83. The molecule has 154 valence electrons. The van der Waals surface area contributed by atoms with E-state index in [4.69, 9.17) is 5.73 Å². The van der Waals surface area contributed by atoms with E-state index in [-0.39, 0.29) is 35.3 Å². The summed E-state index contributed by atoms with van der Waals surface area (Å²) in [6.45, 7) is 3.48. The van der Waals surface area contributed by atoms with Crippen molar-refractivity contribution < 1.29 is 26.4 Å². The number of benzene rings is 1. The van der Waals surface area contributed by atoms with E-state index in [0.29, 0.717) is 12.8 Å². The van der Waals surface area contributed by atoms with Gasteiger partial charge < -0.3 is 5.73 Å². The number of amides is 2. The third kappa shape index (κ3) is 3.53. The lowest BCUT2D eigenvalue weighted by Crippen LogP contribution is -2.41. The van der Waals surface area contributed by atoms with Gasteiger partial charge in [0.2, 0.25) is 31.9 Å². The van der Waals surface area contributed by atoms with Crippen molar-refractivity contribution in [3.63, 3.8) is 0 Å². The van der Waals surface area contributed by atoms with Crippen LogP contribution >= 0.6 is 0 Å². The second-order valence-electron chi connectivity index (χ2n) is 7.78. The third-order valence-electron chi connectivity index (χ3n) is 5.15. The van der Waals surface area contributed by atoms with E-state index in [9.17, 15) is 26.4 Å². The molecule has 1 aromatic rings. The largest absolute Gasteiger partial charge is 0.369 e. The minimum Gasteiger partial charge on any atom is -0.369 e. The van der Waals surface area contributed by atoms with E-state index in [1.54, 1.807) is 13.8 Å². The van der Waals surface area contributed by atoms with Crippen molar-refractivity contribution in [2.24, 2.45) is 17.1 Å². The molecule has 3 rings (SSSR count). The molecule has 2 fully saturated rings. The molecule has 0 radical (unpaired) electrons. The number of hydrogen-bond donors (Lipinski definition) is 1. The molecule has 11 heteroatoms. The number of nitrogens with two attached hydrogens (primary N) is 1. The third-order valence-corrected chi connectivity index (χ3v) is 9.08. The first-order valence-corrected chi connectivity index (χ1v) is 11.9. The van der Waals surface area contributed by atoms with E-state index in [1.807, 2.05) is 0 Å². The van der Waals surface area contributed by atoms with Crippen LogP contribution in [0.15, 0.2) is 29.2 Å². The highest BCUT2D eigenvalue weighted by Crippen LogP contribution is 2.36. The van der Waals surface area contributed by atoms with E-state index < -0.39 is 37.3 Å². The molecule has 2 N–H and O–H groups in total. The molecule has 0 aliphatic carbocycles. The van der Waals surface area contributed by atoms with Crippen LogP contribution in [-0.4, -0.2) is 51.8 Å². The van der Waals surface area contributed by atoms with Gasteiger partial charge in [0.25, 0.3) is 0 Å². The Morgan fingerprint density at radius 3 is 2.11 bits per heavy atom. The molecule has 28 heavy (non-hydrogen) atoms. The topological polar surface area (TPSA) is 135 Å². The van der Waals surface area contributed by atoms with Crippen LogP contribution in [0.2, 0.25) is 0 Å². The molecule has 0 saturated carbocycles. The fourth-order valence-electron chi connectivity index (χ4n) is 3.54. The van der Waals surface area contributed by atoms with E-state index in [1.165, 1.54) is 28.6 Å². The summed E-state index contributed by atoms with van der Waals surface area (Å²) in [5.74, 6) is -1.60. The van der Waals surface area contributed by atoms with Gasteiger partial charge in [-0.15, -0.1) is 0 Å². The molecular weight excluding hydrogens is 406 g/mol. The highest BCUT2D eigenvalue weighted by Gasteiger charge is 2.50. The number of rotatable bonds is 4. The lowest BCUT2D eigenvalue weighted by molar-refractivity contribution is -0.123. The number of piperidine rings is 1. The average molecular weight is 430 g/mol. The Hall–Kier alpha value is -1.98. The van der Waals surface area contributed by atoms with Crippen LogP contribution < -0.4 is 10.0 Å². The minimum absolute atomic E-state index is 0.00270. The van der Waals surface area contributed by atoms with Crippen LogP contribution in [0.25, 0.3) is 0 Å². The summed E-state index contributed by atoms with van der Waals surface area (Å²) in [5, 5.41) is 0. The van der Waals surface area contributed by atoms with Gasteiger partial charge in [0.05, 0.1) is 21.8 Å². The molecule has 2 saturated heterocycles. The highest BCUT2D eigenvalue weighted by atomic mass is 32.2. The monoisotopic (exact) mass is 429 g/mol. The van der Waals surface area contributed by atoms with Crippen LogP contribution in [0.3, 0.4) is 0 Å². The Morgan fingerprint density at radius 1 is 1.14 bits per heavy atom. The Balaban J connectivity index is 1.83. The summed E-state index contributed by atoms with van der Waals surface area (Å²) in [6, 6.07) is 5.22. The molecule has 0 bridgehead atoms. The summed E-state index contributed by atoms with van der Waals surface area (Å²) in [4.78, 5) is 23.7. The Bertz CT molecular complexity index is 1010. The molecule has 2 heterocycles. The zero-order chi connectivity index (χ0) is 20.9. The Morgan fingerprint density at radius 2 is 1.68 bits per heavy atom. The Labute approximate surface area is 164 Å². The first kappa shape index (κ1) is 20.7. The second kappa shape index (κ2) is 6.82. The number of nitrogens with zero attached hydrogens (tertiary/aromatic N) is 2. The van der Waals surface area contributed by atoms with Gasteiger partial charge in [0.1, 0.15) is 0 Å². The molecule has 0 aromatic heterocycles. The molecule has 9 nitrogen and oxygen atoms in total. The molecule has 0 atom stereocenters. The highest BCUT2D eigenvalue weighted by molar-refractivity contribution is 7.94. The summed E-state index contributed by atoms with van der Waals surface area (Å²) in [5.41, 5.74) is 4.35. The van der Waals surface area contributed by atoms with Crippen molar-refractivity contribution in [3.8, 4) is 0 Å². The maximum atomic E-state index is 12.8. The van der Waals surface area contributed by atoms with Crippen LogP contribution in [0, 0.1) is 11.3 Å².